The first-order valence-corrected chi connectivity index (χ1v) is 17.9. The predicted octanol–water partition coefficient (Wildman–Crippen LogP) is 5.73. The van der Waals surface area contributed by atoms with Crippen LogP contribution in [-0.4, -0.2) is 55.1 Å². The summed E-state index contributed by atoms with van der Waals surface area (Å²) >= 11 is -2.01. The Morgan fingerprint density at radius 3 is 1.64 bits per heavy atom. The second-order valence-corrected chi connectivity index (χ2v) is 21.0. The summed E-state index contributed by atoms with van der Waals surface area (Å²) < 4.78 is 12.2. The third-order valence-electron chi connectivity index (χ3n) is 4.73. The summed E-state index contributed by atoms with van der Waals surface area (Å²) in [5.74, 6) is 0. The molecule has 3 heteroatoms. The Kier molecular flexibility index (Phi) is 15.8. The van der Waals surface area contributed by atoms with Gasteiger partial charge in [-0.15, -0.1) is 0 Å². The third-order valence-corrected chi connectivity index (χ3v) is 19.2. The normalized spacial score (nSPS) is 12.3. The van der Waals surface area contributed by atoms with Gasteiger partial charge in [0.1, 0.15) is 0 Å². The molecular formula is C19H43NOSn. The first-order chi connectivity index (χ1) is 10.6. The molecule has 0 rings (SSSR count). The van der Waals surface area contributed by atoms with Crippen molar-refractivity contribution in [2.45, 2.75) is 85.4 Å². The van der Waals surface area contributed by atoms with E-state index in [9.17, 15) is 0 Å². The van der Waals surface area contributed by atoms with E-state index in [0.29, 0.717) is 0 Å². The maximum absolute atomic E-state index is 6.25. The predicted molar refractivity (Wildman–Crippen MR) is 104 cm³/mol. The molecule has 0 saturated heterocycles. The van der Waals surface area contributed by atoms with E-state index < -0.39 is 18.4 Å². The SMILES string of the molecule is CCC[CH2][Sn]([CH2]CCC)([CH2]CCC)[CH2]OCCCCN(C)C. The molecule has 0 atom stereocenters. The van der Waals surface area contributed by atoms with Crippen LogP contribution in [0.25, 0.3) is 0 Å². The van der Waals surface area contributed by atoms with Crippen molar-refractivity contribution in [2.24, 2.45) is 0 Å². The molecule has 0 N–H and O–H groups in total. The molecule has 22 heavy (non-hydrogen) atoms. The van der Waals surface area contributed by atoms with Gasteiger partial charge in [-0.2, -0.15) is 0 Å². The van der Waals surface area contributed by atoms with Crippen LogP contribution in [0.15, 0.2) is 0 Å². The van der Waals surface area contributed by atoms with E-state index >= 15 is 0 Å². The monoisotopic (exact) mass is 421 g/mol. The minimum atomic E-state index is -2.01. The van der Waals surface area contributed by atoms with E-state index in [1.165, 1.54) is 62.5 Å². The number of hydrogen-bond donors (Lipinski definition) is 0. The number of unbranched alkanes of at least 4 members (excludes halogenated alkanes) is 4. The second-order valence-electron chi connectivity index (χ2n) is 7.37. The van der Waals surface area contributed by atoms with Gasteiger partial charge in [0.2, 0.25) is 0 Å². The van der Waals surface area contributed by atoms with E-state index in [0.717, 1.165) is 6.61 Å². The van der Waals surface area contributed by atoms with Crippen molar-refractivity contribution in [3.8, 4) is 0 Å². The first-order valence-electron chi connectivity index (χ1n) is 9.82. The van der Waals surface area contributed by atoms with Gasteiger partial charge in [-0.1, -0.05) is 0 Å². The average Bonchev–Trinajstić information content (AvgIpc) is 2.51. The molecule has 0 aromatic carbocycles. The van der Waals surface area contributed by atoms with E-state index in [1.807, 2.05) is 0 Å². The van der Waals surface area contributed by atoms with Gasteiger partial charge in [-0.3, -0.25) is 0 Å². The zero-order valence-electron chi connectivity index (χ0n) is 16.3. The molecule has 0 aromatic heterocycles. The van der Waals surface area contributed by atoms with Crippen LogP contribution < -0.4 is 0 Å². The fourth-order valence-electron chi connectivity index (χ4n) is 3.17. The fourth-order valence-corrected chi connectivity index (χ4v) is 17.6. The number of nitrogens with zero attached hydrogens (tertiary/aromatic N) is 1. The molecule has 2 nitrogen and oxygen atoms in total. The van der Waals surface area contributed by atoms with Gasteiger partial charge in [0.15, 0.2) is 0 Å². The van der Waals surface area contributed by atoms with Gasteiger partial charge in [-0.25, -0.2) is 0 Å². The molecule has 0 aliphatic heterocycles. The number of ether oxygens (including phenoxy) is 1. The molecule has 0 radical (unpaired) electrons. The van der Waals surface area contributed by atoms with E-state index in [4.69, 9.17) is 4.74 Å². The van der Waals surface area contributed by atoms with Crippen molar-refractivity contribution in [1.29, 1.82) is 0 Å². The van der Waals surface area contributed by atoms with E-state index in [1.54, 1.807) is 13.3 Å². The van der Waals surface area contributed by atoms with Crippen LogP contribution in [0.1, 0.15) is 72.1 Å². The van der Waals surface area contributed by atoms with Crippen LogP contribution in [0.2, 0.25) is 13.3 Å². The Hall–Kier alpha value is 0.719. The third kappa shape index (κ3) is 12.2. The Morgan fingerprint density at radius 1 is 0.727 bits per heavy atom. The molecule has 0 fully saturated rings. The molecule has 0 unspecified atom stereocenters. The van der Waals surface area contributed by atoms with Crippen molar-refractivity contribution in [3.63, 3.8) is 0 Å². The Balaban J connectivity index is 4.27. The van der Waals surface area contributed by atoms with Gasteiger partial charge in [0, 0.05) is 0 Å². The van der Waals surface area contributed by atoms with E-state index in [-0.39, 0.29) is 0 Å². The molecule has 0 aliphatic carbocycles. The molecule has 0 heterocycles. The molecule has 0 spiro atoms. The van der Waals surface area contributed by atoms with Crippen LogP contribution in [0.5, 0.6) is 0 Å². The molecule has 134 valence electrons. The van der Waals surface area contributed by atoms with Gasteiger partial charge >= 0.3 is 145 Å². The molecule has 0 amide bonds. The molecule has 0 aromatic rings. The average molecular weight is 420 g/mol. The molecule has 0 bridgehead atoms. The zero-order chi connectivity index (χ0) is 16.7. The topological polar surface area (TPSA) is 12.5 Å². The van der Waals surface area contributed by atoms with Crippen molar-refractivity contribution in [3.05, 3.63) is 0 Å². The second kappa shape index (κ2) is 15.3. The quantitative estimate of drug-likeness (QED) is 0.234. The summed E-state index contributed by atoms with van der Waals surface area (Å²) in [5, 5.41) is 0. The zero-order valence-corrected chi connectivity index (χ0v) is 19.1. The van der Waals surface area contributed by atoms with Crippen molar-refractivity contribution in [2.75, 3.05) is 31.9 Å². The van der Waals surface area contributed by atoms with Gasteiger partial charge < -0.3 is 0 Å². The van der Waals surface area contributed by atoms with Crippen molar-refractivity contribution in [1.82, 2.24) is 4.90 Å². The van der Waals surface area contributed by atoms with Crippen LogP contribution in [0.4, 0.5) is 0 Å². The summed E-state index contributed by atoms with van der Waals surface area (Å²) in [6.45, 7) is 9.23. The Labute approximate surface area is 145 Å². The van der Waals surface area contributed by atoms with Gasteiger partial charge in [0.25, 0.3) is 0 Å². The van der Waals surface area contributed by atoms with Gasteiger partial charge in [-0.05, 0) is 0 Å². The summed E-state index contributed by atoms with van der Waals surface area (Å²) in [6, 6.07) is 0. The molecular weight excluding hydrogens is 377 g/mol. The maximum atomic E-state index is 6.25. The van der Waals surface area contributed by atoms with Crippen molar-refractivity contribution >= 4 is 18.4 Å². The molecule has 0 aliphatic rings. The van der Waals surface area contributed by atoms with Crippen LogP contribution in [0.3, 0.4) is 0 Å². The van der Waals surface area contributed by atoms with Crippen molar-refractivity contribution < 1.29 is 4.74 Å². The Bertz CT molecular complexity index is 212. The number of hydrogen-bond acceptors (Lipinski definition) is 2. The fraction of sp³-hybridized carbons (Fsp3) is 1.00. The minimum absolute atomic E-state index is 0.997. The van der Waals surface area contributed by atoms with Crippen LogP contribution in [0, 0.1) is 0 Å². The van der Waals surface area contributed by atoms with Crippen LogP contribution in [-0.2, 0) is 4.74 Å². The van der Waals surface area contributed by atoms with Gasteiger partial charge in [0.05, 0.1) is 0 Å². The first kappa shape index (κ1) is 22.7. The summed E-state index contributed by atoms with van der Waals surface area (Å²) in [4.78, 5) is 2.27. The van der Waals surface area contributed by atoms with Crippen LogP contribution >= 0.6 is 0 Å². The molecule has 0 saturated carbocycles. The Morgan fingerprint density at radius 2 is 1.23 bits per heavy atom. The summed E-state index contributed by atoms with van der Waals surface area (Å²) in [7, 11) is 4.31. The summed E-state index contributed by atoms with van der Waals surface area (Å²) in [6.07, 6.45) is 10.9. The summed E-state index contributed by atoms with van der Waals surface area (Å²) in [5.41, 5.74) is 0. The number of rotatable bonds is 16. The van der Waals surface area contributed by atoms with E-state index in [2.05, 4.69) is 39.8 Å². The standard InChI is InChI=1S/C7H16NO.3C4H9.Sn/c1-8(2)6-4-5-7-9-3;3*1-3-4-2;/h3-7H2,1-2H3;3*1,3-4H2,2H3;.